The van der Waals surface area contributed by atoms with Gasteiger partial charge in [0.2, 0.25) is 0 Å². The molecule has 0 aliphatic carbocycles. The van der Waals surface area contributed by atoms with Crippen molar-refractivity contribution in [1.82, 2.24) is 9.78 Å². The third-order valence-electron chi connectivity index (χ3n) is 3.54. The van der Waals surface area contributed by atoms with Gasteiger partial charge >= 0.3 is 0 Å². The summed E-state index contributed by atoms with van der Waals surface area (Å²) in [5.74, 6) is -0.806. The summed E-state index contributed by atoms with van der Waals surface area (Å²) < 4.78 is 33.6. The molecule has 0 radical (unpaired) electrons. The molecule has 7 heteroatoms. The van der Waals surface area contributed by atoms with Crippen LogP contribution < -0.4 is 10.5 Å². The Bertz CT molecular complexity index is 942. The van der Waals surface area contributed by atoms with Gasteiger partial charge in [-0.25, -0.2) is 13.5 Å². The van der Waals surface area contributed by atoms with Crippen molar-refractivity contribution in [3.05, 3.63) is 59.7 Å². The first-order chi connectivity index (χ1) is 11.5. The SMILES string of the molecule is COc1ccc(-n2nc(-c3ccc(F)cc3F)c(C#N)c2N)cc1. The zero-order valence-corrected chi connectivity index (χ0v) is 12.6. The van der Waals surface area contributed by atoms with Gasteiger partial charge in [0.15, 0.2) is 0 Å². The second kappa shape index (κ2) is 6.01. The van der Waals surface area contributed by atoms with Crippen LogP contribution in [0.25, 0.3) is 16.9 Å². The fraction of sp³-hybridized carbons (Fsp3) is 0.0588. The lowest BCUT2D eigenvalue weighted by Crippen LogP contribution is -2.02. The standard InChI is InChI=1S/C17H12F2N4O/c1-24-12-5-3-11(4-6-12)23-17(21)14(9-20)16(22-23)13-7-2-10(18)8-15(13)19/h2-8H,21H2,1H3. The van der Waals surface area contributed by atoms with Gasteiger partial charge in [0.25, 0.3) is 0 Å². The van der Waals surface area contributed by atoms with Crippen molar-refractivity contribution >= 4 is 5.82 Å². The molecule has 3 aromatic rings. The van der Waals surface area contributed by atoms with E-state index >= 15 is 0 Å². The molecule has 0 fully saturated rings. The number of anilines is 1. The van der Waals surface area contributed by atoms with Crippen LogP contribution in [0.2, 0.25) is 0 Å². The van der Waals surface area contributed by atoms with Crippen LogP contribution in [0.5, 0.6) is 5.75 Å². The van der Waals surface area contributed by atoms with E-state index in [0.29, 0.717) is 11.4 Å². The summed E-state index contributed by atoms with van der Waals surface area (Å²) in [6, 6.07) is 11.8. The molecule has 0 unspecified atom stereocenters. The van der Waals surface area contributed by atoms with E-state index in [2.05, 4.69) is 5.10 Å². The quantitative estimate of drug-likeness (QED) is 0.801. The summed E-state index contributed by atoms with van der Waals surface area (Å²) in [5.41, 5.74) is 6.66. The molecule has 0 saturated carbocycles. The Morgan fingerprint density at radius 3 is 2.46 bits per heavy atom. The van der Waals surface area contributed by atoms with Crippen LogP contribution in [0.3, 0.4) is 0 Å². The van der Waals surface area contributed by atoms with Crippen molar-refractivity contribution in [2.24, 2.45) is 0 Å². The molecule has 0 bridgehead atoms. The van der Waals surface area contributed by atoms with Crippen LogP contribution in [-0.2, 0) is 0 Å². The van der Waals surface area contributed by atoms with Gasteiger partial charge in [-0.2, -0.15) is 10.4 Å². The smallest absolute Gasteiger partial charge is 0.145 e. The number of nitriles is 1. The molecule has 1 heterocycles. The molecule has 0 amide bonds. The number of halogens is 2. The first-order valence-electron chi connectivity index (χ1n) is 6.93. The van der Waals surface area contributed by atoms with Crippen molar-refractivity contribution in [3.63, 3.8) is 0 Å². The average Bonchev–Trinajstić information content (AvgIpc) is 2.91. The first kappa shape index (κ1) is 15.5. The molecule has 0 saturated heterocycles. The number of aromatic nitrogens is 2. The maximum Gasteiger partial charge on any atom is 0.145 e. The highest BCUT2D eigenvalue weighted by Gasteiger charge is 2.20. The fourth-order valence-electron chi connectivity index (χ4n) is 2.33. The Morgan fingerprint density at radius 2 is 1.88 bits per heavy atom. The van der Waals surface area contributed by atoms with Gasteiger partial charge in [-0.15, -0.1) is 0 Å². The second-order valence-electron chi connectivity index (χ2n) is 4.95. The lowest BCUT2D eigenvalue weighted by atomic mass is 10.1. The molecular weight excluding hydrogens is 314 g/mol. The van der Waals surface area contributed by atoms with Crippen LogP contribution in [0.15, 0.2) is 42.5 Å². The number of methoxy groups -OCH3 is 1. The van der Waals surface area contributed by atoms with E-state index < -0.39 is 11.6 Å². The number of benzene rings is 2. The molecule has 1 aromatic heterocycles. The molecule has 5 nitrogen and oxygen atoms in total. The third-order valence-corrected chi connectivity index (χ3v) is 3.54. The monoisotopic (exact) mass is 326 g/mol. The molecule has 120 valence electrons. The highest BCUT2D eigenvalue weighted by molar-refractivity contribution is 5.74. The maximum atomic E-state index is 14.0. The number of rotatable bonds is 3. The van der Waals surface area contributed by atoms with Gasteiger partial charge < -0.3 is 10.5 Å². The molecule has 24 heavy (non-hydrogen) atoms. The number of nitrogen functional groups attached to an aromatic ring is 1. The minimum Gasteiger partial charge on any atom is -0.497 e. The molecule has 0 spiro atoms. The molecule has 3 rings (SSSR count). The van der Waals surface area contributed by atoms with Gasteiger partial charge in [0.05, 0.1) is 12.8 Å². The predicted molar refractivity (Wildman–Crippen MR) is 84.6 cm³/mol. The maximum absolute atomic E-state index is 14.0. The molecule has 0 atom stereocenters. The van der Waals surface area contributed by atoms with E-state index in [0.717, 1.165) is 12.1 Å². The van der Waals surface area contributed by atoms with Gasteiger partial charge in [-0.05, 0) is 36.4 Å². The molecule has 2 aromatic carbocycles. The Balaban J connectivity index is 2.17. The lowest BCUT2D eigenvalue weighted by molar-refractivity contribution is 0.414. The van der Waals surface area contributed by atoms with Gasteiger partial charge in [0.1, 0.15) is 40.5 Å². The highest BCUT2D eigenvalue weighted by atomic mass is 19.1. The van der Waals surface area contributed by atoms with E-state index in [1.165, 1.54) is 10.7 Å². The Labute approximate surface area is 136 Å². The molecule has 0 aliphatic rings. The zero-order chi connectivity index (χ0) is 17.3. The van der Waals surface area contributed by atoms with Gasteiger partial charge in [0, 0.05) is 11.6 Å². The third kappa shape index (κ3) is 2.54. The minimum atomic E-state index is -0.814. The number of hydrogen-bond donors (Lipinski definition) is 1. The fourth-order valence-corrected chi connectivity index (χ4v) is 2.33. The van der Waals surface area contributed by atoms with Crippen LogP contribution in [0.4, 0.5) is 14.6 Å². The Morgan fingerprint density at radius 1 is 1.17 bits per heavy atom. The van der Waals surface area contributed by atoms with E-state index in [4.69, 9.17) is 10.5 Å². The van der Waals surface area contributed by atoms with Gasteiger partial charge in [-0.3, -0.25) is 0 Å². The zero-order valence-electron chi connectivity index (χ0n) is 12.6. The lowest BCUT2D eigenvalue weighted by Gasteiger charge is -2.05. The summed E-state index contributed by atoms with van der Waals surface area (Å²) in [4.78, 5) is 0. The van der Waals surface area contributed by atoms with E-state index in [9.17, 15) is 14.0 Å². The van der Waals surface area contributed by atoms with Crippen molar-refractivity contribution in [3.8, 4) is 28.8 Å². The highest BCUT2D eigenvalue weighted by Crippen LogP contribution is 2.31. The van der Waals surface area contributed by atoms with E-state index in [1.54, 1.807) is 31.4 Å². The summed E-state index contributed by atoms with van der Waals surface area (Å²) >= 11 is 0. The Hall–Kier alpha value is -3.40. The van der Waals surface area contributed by atoms with Crippen molar-refractivity contribution < 1.29 is 13.5 Å². The average molecular weight is 326 g/mol. The number of hydrogen-bond acceptors (Lipinski definition) is 4. The summed E-state index contributed by atoms with van der Waals surface area (Å²) in [6.07, 6.45) is 0. The number of nitrogens with two attached hydrogens (primary N) is 1. The van der Waals surface area contributed by atoms with Crippen LogP contribution in [0.1, 0.15) is 5.56 Å². The van der Waals surface area contributed by atoms with Crippen molar-refractivity contribution in [2.75, 3.05) is 12.8 Å². The molecule has 2 N–H and O–H groups in total. The summed E-state index contributed by atoms with van der Waals surface area (Å²) in [5, 5.41) is 13.6. The summed E-state index contributed by atoms with van der Waals surface area (Å²) in [7, 11) is 1.54. The summed E-state index contributed by atoms with van der Waals surface area (Å²) in [6.45, 7) is 0. The van der Waals surface area contributed by atoms with Crippen LogP contribution >= 0.6 is 0 Å². The van der Waals surface area contributed by atoms with Gasteiger partial charge in [-0.1, -0.05) is 0 Å². The minimum absolute atomic E-state index is 0.00640. The van der Waals surface area contributed by atoms with Crippen molar-refractivity contribution in [2.45, 2.75) is 0 Å². The topological polar surface area (TPSA) is 76.9 Å². The normalized spacial score (nSPS) is 10.4. The van der Waals surface area contributed by atoms with Crippen LogP contribution in [-0.4, -0.2) is 16.9 Å². The predicted octanol–water partition coefficient (Wildman–Crippen LogP) is 3.28. The van der Waals surface area contributed by atoms with Crippen LogP contribution in [0, 0.1) is 23.0 Å². The number of ether oxygens (including phenoxy) is 1. The first-order valence-corrected chi connectivity index (χ1v) is 6.93. The van der Waals surface area contributed by atoms with E-state index in [1.807, 2.05) is 6.07 Å². The molecular formula is C17H12F2N4O. The second-order valence-corrected chi connectivity index (χ2v) is 4.95. The largest absolute Gasteiger partial charge is 0.497 e. The van der Waals surface area contributed by atoms with E-state index in [-0.39, 0.29) is 22.6 Å². The Kier molecular flexibility index (Phi) is 3.88. The van der Waals surface area contributed by atoms with Crippen molar-refractivity contribution in [1.29, 1.82) is 5.26 Å². The number of nitrogens with zero attached hydrogens (tertiary/aromatic N) is 3. The molecule has 0 aliphatic heterocycles.